The molecule has 3 heterocycles. The van der Waals surface area contributed by atoms with Gasteiger partial charge in [-0.3, -0.25) is 15.2 Å². The molecule has 12 heteroatoms. The van der Waals surface area contributed by atoms with E-state index in [0.29, 0.717) is 21.6 Å². The van der Waals surface area contributed by atoms with Gasteiger partial charge in [0.05, 0.1) is 17.9 Å². The van der Waals surface area contributed by atoms with Crippen LogP contribution in [0.15, 0.2) is 47.7 Å². The number of nitrogens with zero attached hydrogens (tertiary/aromatic N) is 5. The Bertz CT molecular complexity index is 1490. The third-order valence-electron chi connectivity index (χ3n) is 6.54. The number of imidazole rings is 1. The van der Waals surface area contributed by atoms with Crippen LogP contribution in [-0.4, -0.2) is 43.6 Å². The zero-order valence-corrected chi connectivity index (χ0v) is 21.5. The third kappa shape index (κ3) is 5.10. The molecule has 1 amide bonds. The number of amides is 1. The summed E-state index contributed by atoms with van der Waals surface area (Å²) in [6, 6.07) is 9.84. The van der Waals surface area contributed by atoms with Crippen molar-refractivity contribution >= 4 is 52.1 Å². The number of nitrogens with two attached hydrogens (primary N) is 2. The van der Waals surface area contributed by atoms with Crippen molar-refractivity contribution in [2.45, 2.75) is 44.3 Å². The van der Waals surface area contributed by atoms with Gasteiger partial charge in [-0.05, 0) is 37.3 Å². The van der Waals surface area contributed by atoms with Crippen LogP contribution in [-0.2, 0) is 6.54 Å². The Morgan fingerprint density at radius 3 is 2.89 bits per heavy atom. The summed E-state index contributed by atoms with van der Waals surface area (Å²) in [5.41, 5.74) is 16.1. The molecular formula is C25H26ClN9OS. The first-order valence-electron chi connectivity index (χ1n) is 11.9. The molecule has 2 unspecified atom stereocenters. The number of hydrogen-bond acceptors (Lipinski definition) is 7. The molecule has 6 N–H and O–H groups in total. The van der Waals surface area contributed by atoms with Crippen molar-refractivity contribution < 1.29 is 4.79 Å². The van der Waals surface area contributed by atoms with E-state index in [-0.39, 0.29) is 23.8 Å². The number of carbonyl (C=O) groups excluding carboxylic acids is 1. The van der Waals surface area contributed by atoms with Gasteiger partial charge in [-0.2, -0.15) is 0 Å². The fraction of sp³-hybridized carbons (Fsp3) is 0.280. The Hall–Kier alpha value is -3.67. The number of pyridine rings is 1. The van der Waals surface area contributed by atoms with Crippen LogP contribution in [0.4, 0.5) is 0 Å². The van der Waals surface area contributed by atoms with Gasteiger partial charge in [0, 0.05) is 24.2 Å². The number of halogens is 1. The maximum Gasteiger partial charge on any atom is 0.280 e. The van der Waals surface area contributed by atoms with Gasteiger partial charge in [0.25, 0.3) is 5.91 Å². The zero-order valence-electron chi connectivity index (χ0n) is 19.9. The molecule has 5 rings (SSSR count). The summed E-state index contributed by atoms with van der Waals surface area (Å²) in [7, 11) is 0. The van der Waals surface area contributed by atoms with Gasteiger partial charge in [0.2, 0.25) is 0 Å². The van der Waals surface area contributed by atoms with E-state index in [2.05, 4.69) is 24.8 Å². The molecule has 1 saturated carbocycles. The summed E-state index contributed by atoms with van der Waals surface area (Å²) in [6.07, 6.45) is 7.50. The summed E-state index contributed by atoms with van der Waals surface area (Å²) in [6.45, 7) is 0.377. The van der Waals surface area contributed by atoms with Gasteiger partial charge >= 0.3 is 0 Å². The number of thiazole rings is 1. The molecule has 3 aromatic heterocycles. The highest BCUT2D eigenvalue weighted by molar-refractivity contribution is 7.17. The third-order valence-corrected chi connectivity index (χ3v) is 7.65. The van der Waals surface area contributed by atoms with E-state index in [1.807, 2.05) is 30.3 Å². The van der Waals surface area contributed by atoms with Crippen LogP contribution in [0.5, 0.6) is 0 Å². The summed E-state index contributed by atoms with van der Waals surface area (Å²) in [5, 5.41) is 10.7. The second-order valence-electron chi connectivity index (χ2n) is 8.83. The van der Waals surface area contributed by atoms with E-state index < -0.39 is 0 Å². The molecule has 0 radical (unpaired) electrons. The molecule has 37 heavy (non-hydrogen) atoms. The Balaban J connectivity index is 1.56. The molecule has 190 valence electrons. The van der Waals surface area contributed by atoms with E-state index in [0.717, 1.165) is 60.0 Å². The lowest BCUT2D eigenvalue weighted by Gasteiger charge is -2.32. The molecule has 10 nitrogen and oxygen atoms in total. The van der Waals surface area contributed by atoms with Crippen molar-refractivity contribution in [3.05, 3.63) is 63.3 Å². The highest BCUT2D eigenvalue weighted by Crippen LogP contribution is 2.37. The van der Waals surface area contributed by atoms with E-state index in [1.165, 1.54) is 17.5 Å². The molecule has 2 atom stereocenters. The Morgan fingerprint density at radius 1 is 1.30 bits per heavy atom. The fourth-order valence-electron chi connectivity index (χ4n) is 4.89. The van der Waals surface area contributed by atoms with Crippen LogP contribution < -0.4 is 16.8 Å². The van der Waals surface area contributed by atoms with Gasteiger partial charge in [0.1, 0.15) is 27.7 Å². The first kappa shape index (κ1) is 25.0. The van der Waals surface area contributed by atoms with Crippen LogP contribution in [0.3, 0.4) is 0 Å². The Kier molecular flexibility index (Phi) is 7.26. The van der Waals surface area contributed by atoms with E-state index in [1.54, 1.807) is 6.20 Å². The van der Waals surface area contributed by atoms with Crippen molar-refractivity contribution in [3.63, 3.8) is 0 Å². The van der Waals surface area contributed by atoms with Gasteiger partial charge in [-0.15, -0.1) is 0 Å². The first-order valence-corrected chi connectivity index (χ1v) is 13.1. The highest BCUT2D eigenvalue weighted by atomic mass is 35.5. The molecule has 0 saturated heterocycles. The van der Waals surface area contributed by atoms with Crippen LogP contribution in [0.2, 0.25) is 4.34 Å². The number of hydrogen-bond donors (Lipinski definition) is 4. The molecule has 1 aliphatic rings. The Labute approximate surface area is 222 Å². The molecular weight excluding hydrogens is 510 g/mol. The van der Waals surface area contributed by atoms with Gasteiger partial charge in [-0.1, -0.05) is 47.2 Å². The summed E-state index contributed by atoms with van der Waals surface area (Å²) < 4.78 is 2.70. The lowest BCUT2D eigenvalue weighted by Crippen LogP contribution is -2.39. The van der Waals surface area contributed by atoms with E-state index in [4.69, 9.17) is 33.5 Å². The smallest absolute Gasteiger partial charge is 0.280 e. The molecule has 1 aromatic carbocycles. The van der Waals surface area contributed by atoms with Crippen LogP contribution in [0.25, 0.3) is 22.4 Å². The quantitative estimate of drug-likeness (QED) is 0.207. The monoisotopic (exact) mass is 535 g/mol. The van der Waals surface area contributed by atoms with E-state index in [9.17, 15) is 4.79 Å². The van der Waals surface area contributed by atoms with Crippen LogP contribution >= 0.6 is 22.9 Å². The van der Waals surface area contributed by atoms with Crippen molar-refractivity contribution in [1.82, 2.24) is 24.8 Å². The molecule has 0 spiro atoms. The molecule has 1 aliphatic carbocycles. The normalized spacial score (nSPS) is 18.2. The zero-order chi connectivity index (χ0) is 25.9. The fourth-order valence-corrected chi connectivity index (χ4v) is 5.70. The lowest BCUT2D eigenvalue weighted by molar-refractivity contribution is 0.0920. The number of benzene rings is 1. The predicted molar refractivity (Wildman–Crippen MR) is 146 cm³/mol. The second kappa shape index (κ2) is 10.8. The molecule has 0 bridgehead atoms. The predicted octanol–water partition coefficient (Wildman–Crippen LogP) is 3.89. The summed E-state index contributed by atoms with van der Waals surface area (Å²) >= 11 is 7.14. The maximum atomic E-state index is 12.8. The van der Waals surface area contributed by atoms with Crippen molar-refractivity contribution in [1.29, 1.82) is 5.41 Å². The minimum absolute atomic E-state index is 0.0326. The average molecular weight is 536 g/mol. The average Bonchev–Trinajstić information content (AvgIpc) is 3.52. The number of fused-ring (bicyclic) bond motifs is 1. The van der Waals surface area contributed by atoms with Crippen LogP contribution in [0.1, 0.15) is 52.8 Å². The van der Waals surface area contributed by atoms with E-state index >= 15 is 0 Å². The topological polar surface area (TPSA) is 161 Å². The number of carbonyl (C=O) groups is 1. The van der Waals surface area contributed by atoms with Crippen molar-refractivity contribution in [3.8, 4) is 11.4 Å². The minimum Gasteiger partial charge on any atom is -0.382 e. The SMILES string of the molecule is N=CN=C(N)c1cc2c(cn1)nc(-c1ccccc1CN)n2C1CCCC(NC(=O)c2ncc(Cl)s2)C1. The number of nitrogens with one attached hydrogen (secondary N) is 2. The number of amidine groups is 1. The number of aliphatic imine (C=N–C) groups is 1. The van der Waals surface area contributed by atoms with Crippen molar-refractivity contribution in [2.75, 3.05) is 0 Å². The molecule has 1 fully saturated rings. The van der Waals surface area contributed by atoms with Gasteiger partial charge in [0.15, 0.2) is 10.8 Å². The minimum atomic E-state index is -0.214. The number of rotatable bonds is 7. The standard InChI is InChI=1S/C25H26ClN9OS/c26-21-12-31-25(37-21)24(36)33-15-5-3-6-16(8-15)35-20-9-18(22(29)32-13-28)30-11-19(20)34-23(35)17-7-2-1-4-14(17)10-27/h1-2,4,7,9,11-13,15-16H,3,5-6,8,10,27H2,(H,33,36)(H3,28,29,32). The maximum absolute atomic E-state index is 12.8. The summed E-state index contributed by atoms with van der Waals surface area (Å²) in [4.78, 5) is 30.1. The second-order valence-corrected chi connectivity index (χ2v) is 10.5. The first-order chi connectivity index (χ1) is 18.0. The largest absolute Gasteiger partial charge is 0.382 e. The van der Waals surface area contributed by atoms with Gasteiger partial charge in [-0.25, -0.2) is 15.0 Å². The lowest BCUT2D eigenvalue weighted by atomic mass is 9.90. The number of aromatic nitrogens is 4. The molecule has 4 aromatic rings. The van der Waals surface area contributed by atoms with Crippen LogP contribution in [0, 0.1) is 5.41 Å². The Morgan fingerprint density at radius 2 is 2.14 bits per heavy atom. The summed E-state index contributed by atoms with van der Waals surface area (Å²) in [5.74, 6) is 0.736. The highest BCUT2D eigenvalue weighted by Gasteiger charge is 2.29. The van der Waals surface area contributed by atoms with Gasteiger partial charge < -0.3 is 21.4 Å². The van der Waals surface area contributed by atoms with Crippen molar-refractivity contribution in [2.24, 2.45) is 16.5 Å². The molecule has 0 aliphatic heterocycles.